The minimum absolute atomic E-state index is 0.0314. The van der Waals surface area contributed by atoms with Crippen LogP contribution in [0.3, 0.4) is 0 Å². The zero-order valence-electron chi connectivity index (χ0n) is 24.9. The van der Waals surface area contributed by atoms with Crippen LogP contribution in [0.25, 0.3) is 11.0 Å². The van der Waals surface area contributed by atoms with E-state index in [2.05, 4.69) is 11.4 Å². The number of carbonyl (C=O) groups excluding carboxylic acids is 2. The maximum Gasteiger partial charge on any atom is 0.490 e. The standard InChI is InChI=1S/C31H33N3O4.C2HF3O2/c1-18-12-23(36)13-19(2)25(18)17-27(32)31(37)33-28-10-11-34(20(3)35)29-9-8-21(15-26(28)29)14-24-16-22-6-4-5-7-30(22)38-24;3-2(4,5)1(6)7/h4-9,12-13,15-16,27-28,36H,10-11,14,17,32H2,1-3H3,(H,33,37);(H,6,7)/t27-,28+;/m0./s1. The fraction of sp³-hybridized carbons (Fsp3) is 0.303. The molecule has 12 heteroatoms. The molecule has 0 fully saturated rings. The number of amides is 2. The molecule has 0 unspecified atom stereocenters. The van der Waals surface area contributed by atoms with E-state index in [0.29, 0.717) is 25.8 Å². The number of carboxylic acids is 1. The number of nitrogens with two attached hydrogens (primary N) is 1. The summed E-state index contributed by atoms with van der Waals surface area (Å²) in [7, 11) is 0. The molecule has 1 aliphatic rings. The van der Waals surface area contributed by atoms with Crippen molar-refractivity contribution in [2.75, 3.05) is 11.4 Å². The molecular formula is C33H34F3N3O6. The first-order chi connectivity index (χ1) is 21.1. The van der Waals surface area contributed by atoms with Crippen molar-refractivity contribution < 1.29 is 42.2 Å². The number of phenolic OH excluding ortho intramolecular Hbond substituents is 1. The summed E-state index contributed by atoms with van der Waals surface area (Å²) in [6.45, 7) is 5.89. The summed E-state index contributed by atoms with van der Waals surface area (Å²) in [4.78, 5) is 36.2. The fourth-order valence-electron chi connectivity index (χ4n) is 5.46. The third-order valence-corrected chi connectivity index (χ3v) is 7.64. The van der Waals surface area contributed by atoms with Crippen molar-refractivity contribution >= 4 is 34.4 Å². The van der Waals surface area contributed by atoms with Crippen LogP contribution in [-0.2, 0) is 27.2 Å². The van der Waals surface area contributed by atoms with Crippen LogP contribution in [0.4, 0.5) is 18.9 Å². The molecule has 2 heterocycles. The van der Waals surface area contributed by atoms with Gasteiger partial charge in [-0.15, -0.1) is 0 Å². The third kappa shape index (κ3) is 8.01. The summed E-state index contributed by atoms with van der Waals surface area (Å²) in [5.41, 5.74) is 12.7. The highest BCUT2D eigenvalue weighted by Crippen LogP contribution is 2.36. The molecule has 4 aromatic rings. The topological polar surface area (TPSA) is 146 Å². The predicted octanol–water partition coefficient (Wildman–Crippen LogP) is 5.46. The molecule has 1 aromatic heterocycles. The van der Waals surface area contributed by atoms with Gasteiger partial charge in [-0.25, -0.2) is 4.79 Å². The van der Waals surface area contributed by atoms with E-state index in [0.717, 1.165) is 50.2 Å². The molecule has 0 aliphatic carbocycles. The molecule has 238 valence electrons. The first-order valence-corrected chi connectivity index (χ1v) is 14.2. The molecule has 0 spiro atoms. The molecule has 0 radical (unpaired) electrons. The Bertz CT molecular complexity index is 1680. The number of anilines is 1. The van der Waals surface area contributed by atoms with Crippen LogP contribution >= 0.6 is 0 Å². The molecular weight excluding hydrogens is 591 g/mol. The van der Waals surface area contributed by atoms with Gasteiger partial charge in [-0.1, -0.05) is 30.3 Å². The number of alkyl halides is 3. The van der Waals surface area contributed by atoms with Gasteiger partial charge < -0.3 is 30.6 Å². The summed E-state index contributed by atoms with van der Waals surface area (Å²) >= 11 is 0. The molecule has 0 bridgehead atoms. The lowest BCUT2D eigenvalue weighted by molar-refractivity contribution is -0.192. The number of carbonyl (C=O) groups is 3. The van der Waals surface area contributed by atoms with E-state index in [-0.39, 0.29) is 23.6 Å². The van der Waals surface area contributed by atoms with E-state index >= 15 is 0 Å². The lowest BCUT2D eigenvalue weighted by Crippen LogP contribution is -2.46. The quantitative estimate of drug-likeness (QED) is 0.223. The lowest BCUT2D eigenvalue weighted by Gasteiger charge is -2.35. The number of phenols is 1. The Labute approximate surface area is 257 Å². The Morgan fingerprint density at radius 2 is 1.71 bits per heavy atom. The Kier molecular flexibility index (Phi) is 9.87. The highest BCUT2D eigenvalue weighted by molar-refractivity contribution is 5.93. The van der Waals surface area contributed by atoms with E-state index in [1.807, 2.05) is 56.3 Å². The third-order valence-electron chi connectivity index (χ3n) is 7.64. The number of para-hydroxylation sites is 1. The largest absolute Gasteiger partial charge is 0.508 e. The minimum atomic E-state index is -5.08. The van der Waals surface area contributed by atoms with Crippen LogP contribution in [-0.4, -0.2) is 46.8 Å². The monoisotopic (exact) mass is 625 g/mol. The summed E-state index contributed by atoms with van der Waals surface area (Å²) in [5.74, 6) is -1.97. The Balaban J connectivity index is 0.000000591. The number of benzene rings is 3. The van der Waals surface area contributed by atoms with Gasteiger partial charge in [0.05, 0.1) is 12.1 Å². The second-order valence-corrected chi connectivity index (χ2v) is 11.0. The van der Waals surface area contributed by atoms with Crippen LogP contribution in [0, 0.1) is 13.8 Å². The van der Waals surface area contributed by atoms with Gasteiger partial charge in [0.1, 0.15) is 17.1 Å². The van der Waals surface area contributed by atoms with Crippen molar-refractivity contribution in [3.05, 3.63) is 94.2 Å². The summed E-state index contributed by atoms with van der Waals surface area (Å²) in [6, 6.07) is 18.3. The van der Waals surface area contributed by atoms with Gasteiger partial charge in [-0.2, -0.15) is 13.2 Å². The number of nitrogens with one attached hydrogen (secondary N) is 1. The van der Waals surface area contributed by atoms with Crippen LogP contribution in [0.5, 0.6) is 5.75 Å². The number of aliphatic carboxylic acids is 1. The highest BCUT2D eigenvalue weighted by Gasteiger charge is 2.38. The molecule has 5 rings (SSSR count). The van der Waals surface area contributed by atoms with Gasteiger partial charge in [-0.3, -0.25) is 9.59 Å². The average molecular weight is 626 g/mol. The van der Waals surface area contributed by atoms with Gasteiger partial charge in [0.25, 0.3) is 0 Å². The summed E-state index contributed by atoms with van der Waals surface area (Å²) in [6.07, 6.45) is -3.52. The lowest BCUT2D eigenvalue weighted by atomic mass is 9.92. The van der Waals surface area contributed by atoms with E-state index in [1.165, 1.54) is 0 Å². The van der Waals surface area contributed by atoms with Crippen molar-refractivity contribution in [2.45, 2.75) is 58.3 Å². The molecule has 0 saturated carbocycles. The van der Waals surface area contributed by atoms with Crippen LogP contribution in [0.15, 0.2) is 65.1 Å². The second-order valence-electron chi connectivity index (χ2n) is 11.0. The smallest absolute Gasteiger partial charge is 0.490 e. The number of hydrogen-bond acceptors (Lipinski definition) is 6. The van der Waals surface area contributed by atoms with Crippen LogP contribution in [0.2, 0.25) is 0 Å². The normalized spacial score (nSPS) is 15.1. The van der Waals surface area contributed by atoms with Gasteiger partial charge in [0.15, 0.2) is 0 Å². The van der Waals surface area contributed by atoms with Gasteiger partial charge in [-0.05, 0) is 84.8 Å². The molecule has 2 amide bonds. The maximum absolute atomic E-state index is 13.2. The van der Waals surface area contributed by atoms with Crippen LogP contribution < -0.4 is 16.0 Å². The number of fused-ring (bicyclic) bond motifs is 2. The maximum atomic E-state index is 13.2. The van der Waals surface area contributed by atoms with Crippen molar-refractivity contribution in [2.24, 2.45) is 5.73 Å². The van der Waals surface area contributed by atoms with Crippen molar-refractivity contribution in [3.8, 4) is 5.75 Å². The molecule has 2 atom stereocenters. The number of furan rings is 1. The van der Waals surface area contributed by atoms with Crippen molar-refractivity contribution in [3.63, 3.8) is 0 Å². The van der Waals surface area contributed by atoms with Gasteiger partial charge in [0, 0.05) is 31.0 Å². The van der Waals surface area contributed by atoms with Crippen molar-refractivity contribution in [1.29, 1.82) is 0 Å². The highest BCUT2D eigenvalue weighted by atomic mass is 19.4. The first-order valence-electron chi connectivity index (χ1n) is 14.2. The number of aryl methyl sites for hydroxylation is 2. The minimum Gasteiger partial charge on any atom is -0.508 e. The number of carboxylic acid groups (broad SMARTS) is 1. The first kappa shape index (κ1) is 33.1. The fourth-order valence-corrected chi connectivity index (χ4v) is 5.46. The number of aromatic hydroxyl groups is 1. The molecule has 9 nitrogen and oxygen atoms in total. The van der Waals surface area contributed by atoms with Crippen molar-refractivity contribution in [1.82, 2.24) is 5.32 Å². The SMILES string of the molecule is CC(=O)N1CC[C@@H](NC(=O)[C@@H](N)Cc2c(C)cc(O)cc2C)c2cc(Cc3cc4ccccc4o3)ccc21.O=C(O)C(F)(F)F. The van der Waals surface area contributed by atoms with E-state index in [4.69, 9.17) is 20.1 Å². The number of nitrogens with zero attached hydrogens (tertiary/aromatic N) is 1. The zero-order valence-corrected chi connectivity index (χ0v) is 24.9. The summed E-state index contributed by atoms with van der Waals surface area (Å²) in [5, 5.41) is 21.2. The number of halogens is 3. The predicted molar refractivity (Wildman–Crippen MR) is 162 cm³/mol. The van der Waals surface area contributed by atoms with E-state index < -0.39 is 18.2 Å². The second kappa shape index (κ2) is 13.4. The molecule has 0 saturated heterocycles. The zero-order chi connectivity index (χ0) is 33.1. The number of rotatable bonds is 6. The molecule has 1 aliphatic heterocycles. The molecule has 45 heavy (non-hydrogen) atoms. The van der Waals surface area contributed by atoms with E-state index in [9.17, 15) is 27.9 Å². The molecule has 5 N–H and O–H groups in total. The summed E-state index contributed by atoms with van der Waals surface area (Å²) < 4.78 is 37.8. The van der Waals surface area contributed by atoms with E-state index in [1.54, 1.807) is 24.0 Å². The van der Waals surface area contributed by atoms with Gasteiger partial charge >= 0.3 is 12.1 Å². The average Bonchev–Trinajstić information content (AvgIpc) is 3.37. The van der Waals surface area contributed by atoms with Crippen LogP contribution in [0.1, 0.15) is 53.0 Å². The Morgan fingerprint density at radius 3 is 2.31 bits per heavy atom. The Morgan fingerprint density at radius 1 is 1.07 bits per heavy atom. The number of hydrogen-bond donors (Lipinski definition) is 4. The van der Waals surface area contributed by atoms with Gasteiger partial charge in [0.2, 0.25) is 11.8 Å². The Hall–Kier alpha value is -4.84. The molecule has 3 aromatic carbocycles.